The Hall–Kier alpha value is -2.55. The SMILES string of the molecule is Cc1cccc(OCc2nc(CN(CCN(C)C)C(=S)Nc3ccc(F)cc3)cs2)c1C. The van der Waals surface area contributed by atoms with Crippen LogP contribution < -0.4 is 10.1 Å². The van der Waals surface area contributed by atoms with Gasteiger partial charge >= 0.3 is 0 Å². The average molecular weight is 473 g/mol. The van der Waals surface area contributed by atoms with Crippen molar-refractivity contribution in [2.24, 2.45) is 0 Å². The molecule has 1 N–H and O–H groups in total. The number of nitrogens with one attached hydrogen (secondary N) is 1. The van der Waals surface area contributed by atoms with E-state index in [1.54, 1.807) is 23.5 Å². The number of rotatable bonds is 9. The molecule has 0 saturated heterocycles. The predicted octanol–water partition coefficient (Wildman–Crippen LogP) is 5.24. The zero-order chi connectivity index (χ0) is 23.1. The molecule has 2 aromatic carbocycles. The van der Waals surface area contributed by atoms with Crippen LogP contribution in [0.4, 0.5) is 10.1 Å². The zero-order valence-corrected chi connectivity index (χ0v) is 20.5. The van der Waals surface area contributed by atoms with Crippen LogP contribution in [0.3, 0.4) is 0 Å². The van der Waals surface area contributed by atoms with Gasteiger partial charge in [-0.2, -0.15) is 0 Å². The van der Waals surface area contributed by atoms with Gasteiger partial charge in [0.25, 0.3) is 0 Å². The third-order valence-electron chi connectivity index (χ3n) is 5.06. The van der Waals surface area contributed by atoms with Crippen LogP contribution in [0.1, 0.15) is 21.8 Å². The summed E-state index contributed by atoms with van der Waals surface area (Å²) in [6.45, 7) is 6.75. The van der Waals surface area contributed by atoms with Crippen molar-refractivity contribution in [2.45, 2.75) is 27.0 Å². The maximum Gasteiger partial charge on any atom is 0.173 e. The molecule has 0 atom stereocenters. The smallest absolute Gasteiger partial charge is 0.173 e. The van der Waals surface area contributed by atoms with Gasteiger partial charge in [-0.25, -0.2) is 9.37 Å². The number of benzene rings is 2. The van der Waals surface area contributed by atoms with E-state index in [1.807, 2.05) is 31.6 Å². The molecule has 0 bridgehead atoms. The van der Waals surface area contributed by atoms with Gasteiger partial charge in [0.15, 0.2) is 5.11 Å². The van der Waals surface area contributed by atoms with E-state index >= 15 is 0 Å². The number of likely N-dealkylation sites (N-methyl/N-ethyl adjacent to an activating group) is 1. The Kier molecular flexibility index (Phi) is 8.55. The molecule has 0 amide bonds. The summed E-state index contributed by atoms with van der Waals surface area (Å²) >= 11 is 7.23. The molecule has 0 aliphatic heterocycles. The lowest BCUT2D eigenvalue weighted by atomic mass is 10.1. The second-order valence-corrected chi connectivity index (χ2v) is 9.21. The highest BCUT2D eigenvalue weighted by Crippen LogP contribution is 2.22. The normalized spacial score (nSPS) is 10.9. The summed E-state index contributed by atoms with van der Waals surface area (Å²) in [6, 6.07) is 12.3. The standard InChI is InChI=1S/C24H29FN4OS2/c1-17-6-5-7-22(18(17)2)30-15-23-26-21(16-32-23)14-29(13-12-28(3)4)24(31)27-20-10-8-19(25)9-11-20/h5-11,16H,12-15H2,1-4H3,(H,27,31). The molecule has 3 aromatic rings. The summed E-state index contributed by atoms with van der Waals surface area (Å²) in [5.41, 5.74) is 4.06. The van der Waals surface area contributed by atoms with Gasteiger partial charge in [0.1, 0.15) is 23.2 Å². The molecule has 0 aliphatic rings. The maximum absolute atomic E-state index is 13.2. The number of ether oxygens (including phenoxy) is 1. The minimum Gasteiger partial charge on any atom is -0.486 e. The molecular formula is C24H29FN4OS2. The molecule has 3 rings (SSSR count). The quantitative estimate of drug-likeness (QED) is 0.430. The first-order valence-corrected chi connectivity index (χ1v) is 11.7. The number of nitrogens with zero attached hydrogens (tertiary/aromatic N) is 3. The fourth-order valence-electron chi connectivity index (χ4n) is 3.01. The fourth-order valence-corrected chi connectivity index (χ4v) is 3.98. The van der Waals surface area contributed by atoms with Gasteiger partial charge in [0.05, 0.1) is 12.2 Å². The zero-order valence-electron chi connectivity index (χ0n) is 18.9. The van der Waals surface area contributed by atoms with Crippen LogP contribution in [-0.4, -0.2) is 47.1 Å². The van der Waals surface area contributed by atoms with Gasteiger partial charge < -0.3 is 19.9 Å². The number of hydrogen-bond acceptors (Lipinski definition) is 5. The topological polar surface area (TPSA) is 40.6 Å². The lowest BCUT2D eigenvalue weighted by Gasteiger charge is -2.26. The predicted molar refractivity (Wildman–Crippen MR) is 134 cm³/mol. The van der Waals surface area contributed by atoms with Crippen molar-refractivity contribution in [1.82, 2.24) is 14.8 Å². The molecule has 170 valence electrons. The number of hydrogen-bond donors (Lipinski definition) is 1. The van der Waals surface area contributed by atoms with Crippen LogP contribution in [0.15, 0.2) is 47.8 Å². The van der Waals surface area contributed by atoms with Crippen LogP contribution in [0.25, 0.3) is 0 Å². The molecular weight excluding hydrogens is 443 g/mol. The monoisotopic (exact) mass is 472 g/mol. The molecule has 1 aromatic heterocycles. The summed E-state index contributed by atoms with van der Waals surface area (Å²) in [7, 11) is 4.06. The summed E-state index contributed by atoms with van der Waals surface area (Å²) < 4.78 is 19.2. The summed E-state index contributed by atoms with van der Waals surface area (Å²) in [6.07, 6.45) is 0. The Balaban J connectivity index is 1.63. The Morgan fingerprint density at radius 2 is 1.88 bits per heavy atom. The van der Waals surface area contributed by atoms with E-state index in [9.17, 15) is 4.39 Å². The van der Waals surface area contributed by atoms with Gasteiger partial charge in [-0.15, -0.1) is 11.3 Å². The van der Waals surface area contributed by atoms with E-state index in [-0.39, 0.29) is 5.82 Å². The molecule has 0 saturated carbocycles. The fraction of sp³-hybridized carbons (Fsp3) is 0.333. The molecule has 0 spiro atoms. The van der Waals surface area contributed by atoms with Gasteiger partial charge in [-0.05, 0) is 81.6 Å². The van der Waals surface area contributed by atoms with Crippen molar-refractivity contribution in [3.05, 3.63) is 75.5 Å². The maximum atomic E-state index is 13.2. The Morgan fingerprint density at radius 1 is 1.12 bits per heavy atom. The minimum atomic E-state index is -0.274. The van der Waals surface area contributed by atoms with Crippen LogP contribution in [-0.2, 0) is 13.2 Å². The van der Waals surface area contributed by atoms with Crippen LogP contribution in [0, 0.1) is 19.7 Å². The van der Waals surface area contributed by atoms with E-state index in [2.05, 4.69) is 35.0 Å². The molecule has 1 heterocycles. The first-order valence-electron chi connectivity index (χ1n) is 10.4. The Morgan fingerprint density at radius 3 is 2.59 bits per heavy atom. The third kappa shape index (κ3) is 6.98. The van der Waals surface area contributed by atoms with Crippen molar-refractivity contribution in [2.75, 3.05) is 32.5 Å². The van der Waals surface area contributed by atoms with Crippen LogP contribution in [0.2, 0.25) is 0 Å². The average Bonchev–Trinajstić information content (AvgIpc) is 3.21. The molecule has 0 radical (unpaired) electrons. The molecule has 0 fully saturated rings. The molecule has 0 unspecified atom stereocenters. The van der Waals surface area contributed by atoms with Gasteiger partial charge in [-0.3, -0.25) is 0 Å². The summed E-state index contributed by atoms with van der Waals surface area (Å²) in [5, 5.41) is 6.75. The molecule has 8 heteroatoms. The van der Waals surface area contributed by atoms with Gasteiger partial charge in [-0.1, -0.05) is 12.1 Å². The van der Waals surface area contributed by atoms with E-state index in [0.717, 1.165) is 40.8 Å². The highest BCUT2D eigenvalue weighted by Gasteiger charge is 2.14. The van der Waals surface area contributed by atoms with Gasteiger partial charge in [0, 0.05) is 24.2 Å². The van der Waals surface area contributed by atoms with E-state index in [4.69, 9.17) is 21.9 Å². The van der Waals surface area contributed by atoms with Crippen molar-refractivity contribution < 1.29 is 9.13 Å². The Bertz CT molecular complexity index is 1040. The number of thiocarbonyl (C=S) groups is 1. The molecule has 32 heavy (non-hydrogen) atoms. The van der Waals surface area contributed by atoms with Crippen molar-refractivity contribution >= 4 is 34.4 Å². The number of anilines is 1. The lowest BCUT2D eigenvalue weighted by molar-refractivity contribution is 0.301. The highest BCUT2D eigenvalue weighted by atomic mass is 32.1. The Labute approximate surface area is 198 Å². The summed E-state index contributed by atoms with van der Waals surface area (Å²) in [4.78, 5) is 8.93. The third-order valence-corrected chi connectivity index (χ3v) is 6.29. The highest BCUT2D eigenvalue weighted by molar-refractivity contribution is 7.80. The second-order valence-electron chi connectivity index (χ2n) is 7.88. The van der Waals surface area contributed by atoms with Crippen LogP contribution in [0.5, 0.6) is 5.75 Å². The van der Waals surface area contributed by atoms with Crippen molar-refractivity contribution in [1.29, 1.82) is 0 Å². The first kappa shape index (κ1) is 24.1. The van der Waals surface area contributed by atoms with Gasteiger partial charge in [0.2, 0.25) is 0 Å². The van der Waals surface area contributed by atoms with Crippen molar-refractivity contribution in [3.63, 3.8) is 0 Å². The summed E-state index contributed by atoms with van der Waals surface area (Å²) in [5.74, 6) is 0.614. The first-order chi connectivity index (χ1) is 15.3. The largest absolute Gasteiger partial charge is 0.486 e. The number of aryl methyl sites for hydroxylation is 1. The molecule has 5 nitrogen and oxygen atoms in total. The van der Waals surface area contributed by atoms with Crippen molar-refractivity contribution in [3.8, 4) is 5.75 Å². The lowest BCUT2D eigenvalue weighted by Crippen LogP contribution is -2.38. The number of halogens is 1. The van der Waals surface area contributed by atoms with Crippen LogP contribution >= 0.6 is 23.6 Å². The second kappa shape index (κ2) is 11.4. The van der Waals surface area contributed by atoms with E-state index < -0.39 is 0 Å². The minimum absolute atomic E-state index is 0.274. The molecule has 0 aliphatic carbocycles. The number of thiazole rings is 1. The van der Waals surface area contributed by atoms with E-state index in [0.29, 0.717) is 18.3 Å². The number of aromatic nitrogens is 1. The van der Waals surface area contributed by atoms with E-state index in [1.165, 1.54) is 17.7 Å².